The fourth-order valence-corrected chi connectivity index (χ4v) is 5.78. The minimum Gasteiger partial charge on any atom is -0.444 e. The topological polar surface area (TPSA) is 102 Å². The van der Waals surface area contributed by atoms with Gasteiger partial charge in [-0.15, -0.1) is 0 Å². The number of carbonyl (C=O) groups excluding carboxylic acids is 2. The van der Waals surface area contributed by atoms with Gasteiger partial charge in [0.25, 0.3) is 5.91 Å². The van der Waals surface area contributed by atoms with Crippen molar-refractivity contribution < 1.29 is 22.7 Å². The molecule has 2 aliphatic carbocycles. The van der Waals surface area contributed by atoms with Gasteiger partial charge in [0.2, 0.25) is 10.0 Å². The second-order valence-electron chi connectivity index (χ2n) is 9.76. The Labute approximate surface area is 174 Å². The molecule has 0 aromatic carbocycles. The lowest BCUT2D eigenvalue weighted by molar-refractivity contribution is -0.122. The summed E-state index contributed by atoms with van der Waals surface area (Å²) in [6.07, 6.45) is 11.5. The van der Waals surface area contributed by atoms with Gasteiger partial charge < -0.3 is 10.1 Å². The van der Waals surface area contributed by atoms with Crippen molar-refractivity contribution >= 4 is 22.0 Å². The van der Waals surface area contributed by atoms with Crippen LogP contribution in [0.1, 0.15) is 85.0 Å². The summed E-state index contributed by atoms with van der Waals surface area (Å²) in [4.78, 5) is 25.4. The molecule has 2 fully saturated rings. The fourth-order valence-electron chi connectivity index (χ4n) is 4.08. The SMILES string of the molecule is CC(C)(C)OC(=O)N[C@]12C[C@H]1/C=C/CCCCCCCC1(CC1)S(=O)(=O)NC2=O. The van der Waals surface area contributed by atoms with E-state index in [2.05, 4.69) is 10.0 Å². The van der Waals surface area contributed by atoms with Gasteiger partial charge in [0.15, 0.2) is 0 Å². The van der Waals surface area contributed by atoms with Crippen LogP contribution >= 0.6 is 0 Å². The third kappa shape index (κ3) is 5.13. The van der Waals surface area contributed by atoms with E-state index in [1.54, 1.807) is 20.8 Å². The maximum Gasteiger partial charge on any atom is 0.408 e. The Hall–Kier alpha value is -1.57. The Balaban J connectivity index is 1.80. The largest absolute Gasteiger partial charge is 0.444 e. The third-order valence-corrected chi connectivity index (χ3v) is 8.33. The highest BCUT2D eigenvalue weighted by Crippen LogP contribution is 2.49. The molecule has 2 amide bonds. The summed E-state index contributed by atoms with van der Waals surface area (Å²) in [5.74, 6) is -0.885. The van der Waals surface area contributed by atoms with E-state index in [0.717, 1.165) is 38.5 Å². The lowest BCUT2D eigenvalue weighted by Crippen LogP contribution is -2.54. The van der Waals surface area contributed by atoms with Crippen LogP contribution in [0.15, 0.2) is 12.2 Å². The van der Waals surface area contributed by atoms with Gasteiger partial charge in [0, 0.05) is 5.92 Å². The fraction of sp³-hybridized carbons (Fsp3) is 0.810. The maximum atomic E-state index is 13.1. The van der Waals surface area contributed by atoms with Crippen LogP contribution in [-0.2, 0) is 19.6 Å². The van der Waals surface area contributed by atoms with Crippen LogP contribution in [-0.4, -0.2) is 36.3 Å². The molecule has 3 aliphatic rings. The summed E-state index contributed by atoms with van der Waals surface area (Å²) in [5, 5.41) is 2.66. The molecule has 0 aromatic heterocycles. The Morgan fingerprint density at radius 2 is 1.79 bits per heavy atom. The number of fused-ring (bicyclic) bond motifs is 1. The quantitative estimate of drug-likeness (QED) is 0.625. The molecular weight excluding hydrogens is 392 g/mol. The predicted molar refractivity (Wildman–Crippen MR) is 111 cm³/mol. The first-order chi connectivity index (χ1) is 13.5. The Kier molecular flexibility index (Phi) is 6.05. The molecule has 0 bridgehead atoms. The summed E-state index contributed by atoms with van der Waals surface area (Å²) < 4.78 is 32.7. The first-order valence-corrected chi connectivity index (χ1v) is 12.2. The van der Waals surface area contributed by atoms with Crippen LogP contribution in [0.25, 0.3) is 0 Å². The zero-order chi connectivity index (χ0) is 21.3. The van der Waals surface area contributed by atoms with Crippen molar-refractivity contribution in [3.05, 3.63) is 12.2 Å². The van der Waals surface area contributed by atoms with Crippen molar-refractivity contribution in [1.82, 2.24) is 10.0 Å². The molecule has 0 radical (unpaired) electrons. The van der Waals surface area contributed by atoms with Gasteiger partial charge in [0.1, 0.15) is 11.1 Å². The average Bonchev–Trinajstić information content (AvgIpc) is 3.47. The first-order valence-electron chi connectivity index (χ1n) is 10.7. The molecule has 0 unspecified atom stereocenters. The molecule has 8 heteroatoms. The molecular formula is C21H34N2O5S. The highest BCUT2D eigenvalue weighted by atomic mass is 32.2. The lowest BCUT2D eigenvalue weighted by atomic mass is 10.1. The molecule has 1 heterocycles. The van der Waals surface area contributed by atoms with Crippen LogP contribution in [0.5, 0.6) is 0 Å². The first kappa shape index (κ1) is 22.1. The highest BCUT2D eigenvalue weighted by molar-refractivity contribution is 7.91. The number of allylic oxidation sites excluding steroid dienone is 1. The lowest BCUT2D eigenvalue weighted by Gasteiger charge is -2.24. The molecule has 1 spiro atoms. The predicted octanol–water partition coefficient (Wildman–Crippen LogP) is 3.55. The van der Waals surface area contributed by atoms with E-state index in [0.29, 0.717) is 25.7 Å². The molecule has 0 aromatic rings. The summed E-state index contributed by atoms with van der Waals surface area (Å²) in [5.41, 5.74) is -1.97. The second kappa shape index (κ2) is 7.93. The van der Waals surface area contributed by atoms with E-state index >= 15 is 0 Å². The summed E-state index contributed by atoms with van der Waals surface area (Å²) >= 11 is 0. The van der Waals surface area contributed by atoms with Gasteiger partial charge in [-0.05, 0) is 59.3 Å². The minimum atomic E-state index is -3.79. The van der Waals surface area contributed by atoms with Crippen molar-refractivity contribution in [2.75, 3.05) is 0 Å². The van der Waals surface area contributed by atoms with Crippen LogP contribution in [0, 0.1) is 5.92 Å². The van der Waals surface area contributed by atoms with Gasteiger partial charge >= 0.3 is 6.09 Å². The van der Waals surface area contributed by atoms with Gasteiger partial charge in [-0.25, -0.2) is 13.2 Å². The Bertz CT molecular complexity index is 779. The minimum absolute atomic E-state index is 0.231. The molecule has 29 heavy (non-hydrogen) atoms. The van der Waals surface area contributed by atoms with E-state index in [1.165, 1.54) is 0 Å². The molecule has 2 N–H and O–H groups in total. The van der Waals surface area contributed by atoms with Crippen molar-refractivity contribution in [2.45, 2.75) is 101 Å². The summed E-state index contributed by atoms with van der Waals surface area (Å²) in [7, 11) is -3.79. The van der Waals surface area contributed by atoms with Crippen LogP contribution in [0.2, 0.25) is 0 Å². The number of rotatable bonds is 1. The van der Waals surface area contributed by atoms with Crippen molar-refractivity contribution in [3.8, 4) is 0 Å². The van der Waals surface area contributed by atoms with Gasteiger partial charge in [-0.2, -0.15) is 0 Å². The molecule has 3 rings (SSSR count). The summed E-state index contributed by atoms with van der Waals surface area (Å²) in [6, 6.07) is 0. The number of ether oxygens (including phenoxy) is 1. The number of amides is 2. The van der Waals surface area contributed by atoms with E-state index in [-0.39, 0.29) is 5.92 Å². The number of hydrogen-bond acceptors (Lipinski definition) is 5. The van der Waals surface area contributed by atoms with Gasteiger partial charge in [0.05, 0.1) is 4.75 Å². The van der Waals surface area contributed by atoms with E-state index < -0.39 is 37.9 Å². The zero-order valence-electron chi connectivity index (χ0n) is 17.8. The Morgan fingerprint density at radius 3 is 2.45 bits per heavy atom. The number of nitrogens with one attached hydrogen (secondary N) is 2. The third-order valence-electron chi connectivity index (χ3n) is 6.12. The number of sulfonamides is 1. The van der Waals surface area contributed by atoms with Crippen LogP contribution < -0.4 is 10.0 Å². The van der Waals surface area contributed by atoms with E-state index in [9.17, 15) is 18.0 Å². The highest BCUT2D eigenvalue weighted by Gasteiger charge is 2.63. The van der Waals surface area contributed by atoms with Gasteiger partial charge in [-0.1, -0.05) is 37.8 Å². The van der Waals surface area contributed by atoms with Crippen molar-refractivity contribution in [2.24, 2.45) is 5.92 Å². The standard InChI is InChI=1S/C21H34N2O5S/c1-19(2,3)28-18(25)22-21-15-16(21)11-9-7-5-4-6-8-10-12-20(13-14-20)29(26,27)23-17(21)24/h9,11,16H,4-8,10,12-15H2,1-3H3,(H,22,25)(H,23,24)/b11-9+/t16-,21-/m1/s1. The molecule has 2 atom stereocenters. The Morgan fingerprint density at radius 1 is 1.14 bits per heavy atom. The monoisotopic (exact) mass is 426 g/mol. The number of carbonyl (C=O) groups is 2. The molecule has 7 nitrogen and oxygen atoms in total. The van der Waals surface area contributed by atoms with E-state index in [4.69, 9.17) is 4.74 Å². The maximum absolute atomic E-state index is 13.1. The second-order valence-corrected chi connectivity index (χ2v) is 11.8. The molecule has 2 saturated carbocycles. The normalized spacial score (nSPS) is 32.7. The smallest absolute Gasteiger partial charge is 0.408 e. The van der Waals surface area contributed by atoms with E-state index in [1.807, 2.05) is 12.2 Å². The molecule has 164 valence electrons. The molecule has 1 aliphatic heterocycles. The number of hydrogen-bond donors (Lipinski definition) is 2. The van der Waals surface area contributed by atoms with Crippen LogP contribution in [0.4, 0.5) is 4.79 Å². The summed E-state index contributed by atoms with van der Waals surface area (Å²) in [6.45, 7) is 5.23. The van der Waals surface area contributed by atoms with Crippen LogP contribution in [0.3, 0.4) is 0 Å². The molecule has 0 saturated heterocycles. The van der Waals surface area contributed by atoms with Crippen molar-refractivity contribution in [3.63, 3.8) is 0 Å². The van der Waals surface area contributed by atoms with Crippen molar-refractivity contribution in [1.29, 1.82) is 0 Å². The zero-order valence-corrected chi connectivity index (χ0v) is 18.6. The average molecular weight is 427 g/mol. The number of alkyl carbamates (subject to hydrolysis) is 1. The van der Waals surface area contributed by atoms with Gasteiger partial charge in [-0.3, -0.25) is 9.52 Å².